The Hall–Kier alpha value is -2.02. The van der Waals surface area contributed by atoms with Crippen LogP contribution in [-0.4, -0.2) is 12.6 Å². The first-order valence-electron chi connectivity index (χ1n) is 4.96. The van der Waals surface area contributed by atoms with E-state index in [9.17, 15) is 9.18 Å². The third-order valence-electron chi connectivity index (χ3n) is 1.89. The van der Waals surface area contributed by atoms with E-state index in [1.54, 1.807) is 0 Å². The van der Waals surface area contributed by atoms with E-state index in [0.29, 0.717) is 18.7 Å². The smallest absolute Gasteiger partial charge is 0.319 e. The Balaban J connectivity index is 2.29. The molecular formula is C12H13FN2O. The number of carbonyl (C=O) groups excluding carboxylic acids is 1. The summed E-state index contributed by atoms with van der Waals surface area (Å²) < 4.78 is 12.6. The Kier molecular flexibility index (Phi) is 4.87. The fourth-order valence-electron chi connectivity index (χ4n) is 1.10. The summed E-state index contributed by atoms with van der Waals surface area (Å²) in [5.74, 6) is 2.15. The van der Waals surface area contributed by atoms with Gasteiger partial charge in [-0.3, -0.25) is 0 Å². The molecule has 0 bridgehead atoms. The first-order valence-corrected chi connectivity index (χ1v) is 4.96. The van der Waals surface area contributed by atoms with Gasteiger partial charge in [-0.15, -0.1) is 12.3 Å². The first kappa shape index (κ1) is 12.1. The lowest BCUT2D eigenvalue weighted by Gasteiger charge is -2.06. The maximum absolute atomic E-state index is 12.6. The van der Waals surface area contributed by atoms with E-state index in [2.05, 4.69) is 16.6 Å². The molecule has 3 nitrogen and oxygen atoms in total. The molecule has 0 heterocycles. The second-order valence-corrected chi connectivity index (χ2v) is 3.20. The van der Waals surface area contributed by atoms with Crippen LogP contribution in [0.25, 0.3) is 0 Å². The maximum atomic E-state index is 12.6. The van der Waals surface area contributed by atoms with Crippen molar-refractivity contribution in [2.75, 3.05) is 11.9 Å². The van der Waals surface area contributed by atoms with Gasteiger partial charge in [0.1, 0.15) is 5.82 Å². The van der Waals surface area contributed by atoms with E-state index in [1.165, 1.54) is 24.3 Å². The topological polar surface area (TPSA) is 41.1 Å². The molecule has 1 aromatic rings. The predicted molar refractivity (Wildman–Crippen MR) is 61.5 cm³/mol. The van der Waals surface area contributed by atoms with Crippen molar-refractivity contribution in [3.05, 3.63) is 30.1 Å². The number of benzene rings is 1. The molecule has 84 valence electrons. The summed E-state index contributed by atoms with van der Waals surface area (Å²) in [6.45, 7) is 0.525. The number of unbranched alkanes of at least 4 members (excludes halogenated alkanes) is 1. The molecule has 2 amide bonds. The van der Waals surface area contributed by atoms with Crippen molar-refractivity contribution in [1.29, 1.82) is 0 Å². The van der Waals surface area contributed by atoms with E-state index >= 15 is 0 Å². The number of rotatable bonds is 4. The van der Waals surface area contributed by atoms with Crippen molar-refractivity contribution >= 4 is 11.7 Å². The van der Waals surface area contributed by atoms with Crippen LogP contribution in [0.4, 0.5) is 14.9 Å². The molecular weight excluding hydrogens is 207 g/mol. The van der Waals surface area contributed by atoms with E-state index in [0.717, 1.165) is 6.42 Å². The highest BCUT2D eigenvalue weighted by Crippen LogP contribution is 2.07. The number of terminal acetylenes is 1. The standard InChI is InChI=1S/C12H13FN2O/c1-2-3-4-9-14-12(16)15-11-7-5-10(13)6-8-11/h1,5-8H,3-4,9H2,(H2,14,15,16). The number of halogens is 1. The van der Waals surface area contributed by atoms with Gasteiger partial charge in [0.2, 0.25) is 0 Å². The number of nitrogens with one attached hydrogen (secondary N) is 2. The van der Waals surface area contributed by atoms with Crippen molar-refractivity contribution in [2.24, 2.45) is 0 Å². The van der Waals surface area contributed by atoms with Gasteiger partial charge in [0.15, 0.2) is 0 Å². The molecule has 0 saturated heterocycles. The van der Waals surface area contributed by atoms with Crippen LogP contribution in [0.1, 0.15) is 12.8 Å². The van der Waals surface area contributed by atoms with E-state index in [-0.39, 0.29) is 11.8 Å². The lowest BCUT2D eigenvalue weighted by molar-refractivity contribution is 0.252. The summed E-state index contributed by atoms with van der Waals surface area (Å²) in [6.07, 6.45) is 6.45. The van der Waals surface area contributed by atoms with Gasteiger partial charge in [-0.1, -0.05) is 0 Å². The number of amides is 2. The van der Waals surface area contributed by atoms with Crippen LogP contribution in [0.5, 0.6) is 0 Å². The van der Waals surface area contributed by atoms with Gasteiger partial charge in [-0.25, -0.2) is 9.18 Å². The number of hydrogen-bond donors (Lipinski definition) is 2. The molecule has 0 unspecified atom stereocenters. The normalized spacial score (nSPS) is 9.25. The van der Waals surface area contributed by atoms with Crippen LogP contribution >= 0.6 is 0 Å². The summed E-state index contributed by atoms with van der Waals surface area (Å²) in [5.41, 5.74) is 0.552. The Labute approximate surface area is 94.0 Å². The second-order valence-electron chi connectivity index (χ2n) is 3.20. The molecule has 1 aromatic carbocycles. The van der Waals surface area contributed by atoms with Crippen LogP contribution in [-0.2, 0) is 0 Å². The zero-order valence-electron chi connectivity index (χ0n) is 8.79. The maximum Gasteiger partial charge on any atom is 0.319 e. The Morgan fingerprint density at radius 2 is 2.06 bits per heavy atom. The van der Waals surface area contributed by atoms with Crippen LogP contribution in [0.2, 0.25) is 0 Å². The van der Waals surface area contributed by atoms with E-state index < -0.39 is 0 Å². The molecule has 0 aliphatic rings. The van der Waals surface area contributed by atoms with Crippen molar-refractivity contribution < 1.29 is 9.18 Å². The number of anilines is 1. The molecule has 0 radical (unpaired) electrons. The van der Waals surface area contributed by atoms with Crippen molar-refractivity contribution in [2.45, 2.75) is 12.8 Å². The summed E-state index contributed by atoms with van der Waals surface area (Å²) in [6, 6.07) is 5.25. The quantitative estimate of drug-likeness (QED) is 0.593. The van der Waals surface area contributed by atoms with E-state index in [4.69, 9.17) is 6.42 Å². The number of carbonyl (C=O) groups is 1. The molecule has 0 atom stereocenters. The van der Waals surface area contributed by atoms with Gasteiger partial charge in [-0.2, -0.15) is 0 Å². The molecule has 0 saturated carbocycles. The summed E-state index contributed by atoms with van der Waals surface area (Å²) in [7, 11) is 0. The van der Waals surface area contributed by atoms with Gasteiger partial charge in [0.05, 0.1) is 0 Å². The monoisotopic (exact) mass is 220 g/mol. The summed E-state index contributed by atoms with van der Waals surface area (Å²) in [4.78, 5) is 11.3. The molecule has 0 spiro atoms. The minimum absolute atomic E-state index is 0.316. The first-order chi connectivity index (χ1) is 7.72. The third-order valence-corrected chi connectivity index (χ3v) is 1.89. The Morgan fingerprint density at radius 1 is 1.38 bits per heavy atom. The molecule has 16 heavy (non-hydrogen) atoms. The van der Waals surface area contributed by atoms with Gasteiger partial charge in [-0.05, 0) is 30.7 Å². The molecule has 1 rings (SSSR count). The van der Waals surface area contributed by atoms with Gasteiger partial charge < -0.3 is 10.6 Å². The number of hydrogen-bond acceptors (Lipinski definition) is 1. The van der Waals surface area contributed by atoms with Gasteiger partial charge in [0, 0.05) is 18.7 Å². The highest BCUT2D eigenvalue weighted by molar-refractivity contribution is 5.89. The van der Waals surface area contributed by atoms with Crippen LogP contribution in [0.15, 0.2) is 24.3 Å². The summed E-state index contributed by atoms with van der Waals surface area (Å²) in [5, 5.41) is 5.22. The highest BCUT2D eigenvalue weighted by Gasteiger charge is 2.00. The van der Waals surface area contributed by atoms with Gasteiger partial charge >= 0.3 is 6.03 Å². The van der Waals surface area contributed by atoms with Crippen molar-refractivity contribution in [1.82, 2.24) is 5.32 Å². The fourth-order valence-corrected chi connectivity index (χ4v) is 1.10. The van der Waals surface area contributed by atoms with Crippen LogP contribution in [0, 0.1) is 18.2 Å². The summed E-state index contributed by atoms with van der Waals surface area (Å²) >= 11 is 0. The molecule has 0 fully saturated rings. The zero-order valence-corrected chi connectivity index (χ0v) is 8.79. The van der Waals surface area contributed by atoms with Gasteiger partial charge in [0.25, 0.3) is 0 Å². The SMILES string of the molecule is C#CCCCNC(=O)Nc1ccc(F)cc1. The average Bonchev–Trinajstić information content (AvgIpc) is 2.28. The lowest BCUT2D eigenvalue weighted by atomic mass is 10.3. The second kappa shape index (κ2) is 6.46. The highest BCUT2D eigenvalue weighted by atomic mass is 19.1. The third kappa shape index (κ3) is 4.47. The van der Waals surface area contributed by atoms with Crippen LogP contribution < -0.4 is 10.6 Å². The minimum Gasteiger partial charge on any atom is -0.338 e. The predicted octanol–water partition coefficient (Wildman–Crippen LogP) is 2.36. The average molecular weight is 220 g/mol. The van der Waals surface area contributed by atoms with E-state index in [1.807, 2.05) is 0 Å². The Bertz CT molecular complexity index is 381. The molecule has 0 aliphatic carbocycles. The zero-order chi connectivity index (χ0) is 11.8. The van der Waals surface area contributed by atoms with Crippen molar-refractivity contribution in [3.8, 4) is 12.3 Å². The molecule has 0 aromatic heterocycles. The number of urea groups is 1. The molecule has 4 heteroatoms. The minimum atomic E-state index is -0.333. The molecule has 2 N–H and O–H groups in total. The van der Waals surface area contributed by atoms with Crippen molar-refractivity contribution in [3.63, 3.8) is 0 Å². The molecule has 0 aliphatic heterocycles. The largest absolute Gasteiger partial charge is 0.338 e. The fraction of sp³-hybridized carbons (Fsp3) is 0.250. The lowest BCUT2D eigenvalue weighted by Crippen LogP contribution is -2.29. The Morgan fingerprint density at radius 3 is 2.69 bits per heavy atom. The van der Waals surface area contributed by atoms with Crippen LogP contribution in [0.3, 0.4) is 0 Å².